The molecule has 0 radical (unpaired) electrons. The Morgan fingerprint density at radius 2 is 1.93 bits per heavy atom. The number of aromatic carboxylic acids is 1. The summed E-state index contributed by atoms with van der Waals surface area (Å²) < 4.78 is 0. The maximum Gasteiger partial charge on any atom is 0.335 e. The second kappa shape index (κ2) is 5.53. The van der Waals surface area contributed by atoms with E-state index >= 15 is 0 Å². The van der Waals surface area contributed by atoms with Gasteiger partial charge >= 0.3 is 5.97 Å². The lowest BCUT2D eigenvalue weighted by molar-refractivity contribution is 0.0697. The lowest BCUT2D eigenvalue weighted by Gasteiger charge is -1.97. The summed E-state index contributed by atoms with van der Waals surface area (Å²) in [7, 11) is 0. The minimum Gasteiger partial charge on any atom is -0.478 e. The summed E-state index contributed by atoms with van der Waals surface area (Å²) in [6.07, 6.45) is 1.68. The number of hydrogen-bond acceptors (Lipinski definition) is 2. The van der Waals surface area contributed by atoms with E-state index in [1.54, 1.807) is 30.5 Å². The molecule has 0 unspecified atom stereocenters. The molecule has 0 atom stereocenters. The molecule has 80 valence electrons. The summed E-state index contributed by atoms with van der Waals surface area (Å²) in [6, 6.07) is 8.50. The zero-order chi connectivity index (χ0) is 9.26. The third-order valence-electron chi connectivity index (χ3n) is 1.85. The van der Waals surface area contributed by atoms with Crippen LogP contribution in [0.5, 0.6) is 0 Å². The smallest absolute Gasteiger partial charge is 0.335 e. The summed E-state index contributed by atoms with van der Waals surface area (Å²) in [4.78, 5) is 14.7. The van der Waals surface area contributed by atoms with Gasteiger partial charge in [-0.3, -0.25) is 4.98 Å². The zero-order valence-corrected chi connectivity index (χ0v) is 9.22. The van der Waals surface area contributed by atoms with E-state index in [-0.39, 0.29) is 24.8 Å². The molecule has 0 aliphatic heterocycles. The van der Waals surface area contributed by atoms with E-state index in [0.717, 1.165) is 10.9 Å². The molecule has 0 aliphatic carbocycles. The molecule has 2 rings (SSSR count). The van der Waals surface area contributed by atoms with Crippen LogP contribution in [0.25, 0.3) is 10.9 Å². The molecule has 0 saturated carbocycles. The monoisotopic (exact) mass is 245 g/mol. The largest absolute Gasteiger partial charge is 0.478 e. The molecule has 0 fully saturated rings. The topological polar surface area (TPSA) is 50.2 Å². The van der Waals surface area contributed by atoms with Crippen LogP contribution in [-0.2, 0) is 0 Å². The molecule has 2 aromatic rings. The van der Waals surface area contributed by atoms with Crippen molar-refractivity contribution in [1.82, 2.24) is 4.98 Å². The number of carboxylic acid groups (broad SMARTS) is 1. The van der Waals surface area contributed by atoms with Gasteiger partial charge in [0.15, 0.2) is 0 Å². The van der Waals surface area contributed by atoms with Crippen LogP contribution in [0.4, 0.5) is 0 Å². The number of pyridine rings is 1. The molecule has 0 aliphatic rings. The fraction of sp³-hybridized carbons (Fsp3) is 0. The van der Waals surface area contributed by atoms with Crippen molar-refractivity contribution in [3.63, 3.8) is 0 Å². The maximum atomic E-state index is 10.6. The van der Waals surface area contributed by atoms with Crippen LogP contribution in [0, 0.1) is 0 Å². The van der Waals surface area contributed by atoms with Crippen LogP contribution < -0.4 is 0 Å². The quantitative estimate of drug-likeness (QED) is 0.841. The van der Waals surface area contributed by atoms with Gasteiger partial charge in [-0.1, -0.05) is 6.07 Å². The molecule has 15 heavy (non-hydrogen) atoms. The van der Waals surface area contributed by atoms with E-state index in [4.69, 9.17) is 5.11 Å². The number of rotatable bonds is 1. The number of carboxylic acids is 1. The number of halogens is 2. The predicted octanol–water partition coefficient (Wildman–Crippen LogP) is 2.78. The van der Waals surface area contributed by atoms with Crippen molar-refractivity contribution < 1.29 is 9.90 Å². The van der Waals surface area contributed by atoms with Gasteiger partial charge in [0.1, 0.15) is 0 Å². The van der Waals surface area contributed by atoms with Crippen molar-refractivity contribution in [3.05, 3.63) is 42.1 Å². The number of hydrogen-bond donors (Lipinski definition) is 1. The van der Waals surface area contributed by atoms with Crippen molar-refractivity contribution in [2.24, 2.45) is 0 Å². The summed E-state index contributed by atoms with van der Waals surface area (Å²) >= 11 is 0. The SMILES string of the molecule is Cl.Cl.O=C(O)c1ccc2ncccc2c1. The molecule has 0 bridgehead atoms. The van der Waals surface area contributed by atoms with Crippen molar-refractivity contribution >= 4 is 41.7 Å². The van der Waals surface area contributed by atoms with Gasteiger partial charge in [0.25, 0.3) is 0 Å². The lowest BCUT2D eigenvalue weighted by atomic mass is 10.1. The first kappa shape index (κ1) is 13.7. The number of fused-ring (bicyclic) bond motifs is 1. The second-order valence-electron chi connectivity index (χ2n) is 2.72. The number of carbonyl (C=O) groups is 1. The van der Waals surface area contributed by atoms with Gasteiger partial charge in [-0.05, 0) is 24.3 Å². The van der Waals surface area contributed by atoms with Crippen LogP contribution in [0.15, 0.2) is 36.5 Å². The fourth-order valence-corrected chi connectivity index (χ4v) is 1.21. The Bertz CT molecular complexity index is 474. The highest BCUT2D eigenvalue weighted by atomic mass is 35.5. The Morgan fingerprint density at radius 3 is 2.60 bits per heavy atom. The highest BCUT2D eigenvalue weighted by Crippen LogP contribution is 2.12. The maximum absolute atomic E-state index is 10.6. The first-order chi connectivity index (χ1) is 6.27. The molecule has 1 aromatic carbocycles. The predicted molar refractivity (Wildman–Crippen MR) is 63.2 cm³/mol. The van der Waals surface area contributed by atoms with Crippen LogP contribution in [-0.4, -0.2) is 16.1 Å². The van der Waals surface area contributed by atoms with Crippen LogP contribution >= 0.6 is 24.8 Å². The first-order valence-electron chi connectivity index (χ1n) is 3.85. The van der Waals surface area contributed by atoms with Gasteiger partial charge in [-0.2, -0.15) is 0 Å². The summed E-state index contributed by atoms with van der Waals surface area (Å²) in [5, 5.41) is 9.57. The number of nitrogens with zero attached hydrogens (tertiary/aromatic N) is 1. The summed E-state index contributed by atoms with van der Waals surface area (Å²) in [5.74, 6) is -0.911. The Balaban J connectivity index is 0.000000980. The van der Waals surface area contributed by atoms with Crippen molar-refractivity contribution in [2.75, 3.05) is 0 Å². The third-order valence-corrected chi connectivity index (χ3v) is 1.85. The molecule has 5 heteroatoms. The van der Waals surface area contributed by atoms with Crippen LogP contribution in [0.1, 0.15) is 10.4 Å². The van der Waals surface area contributed by atoms with Gasteiger partial charge in [-0.15, -0.1) is 24.8 Å². The molecule has 3 nitrogen and oxygen atoms in total. The summed E-state index contributed by atoms with van der Waals surface area (Å²) in [6.45, 7) is 0. The standard InChI is InChI=1S/C10H7NO2.2ClH/c12-10(13)8-3-4-9-7(6-8)2-1-5-11-9;;/h1-6H,(H,12,13);2*1H. The van der Waals surface area contributed by atoms with Crippen molar-refractivity contribution in [3.8, 4) is 0 Å². The highest BCUT2D eigenvalue weighted by Gasteiger charge is 2.02. The fourth-order valence-electron chi connectivity index (χ4n) is 1.21. The Kier molecular flexibility index (Phi) is 5.05. The number of benzene rings is 1. The third kappa shape index (κ3) is 2.81. The molecule has 1 heterocycles. The van der Waals surface area contributed by atoms with Crippen LogP contribution in [0.3, 0.4) is 0 Å². The van der Waals surface area contributed by atoms with E-state index in [0.29, 0.717) is 5.56 Å². The van der Waals surface area contributed by atoms with Gasteiger partial charge in [0.05, 0.1) is 11.1 Å². The Hall–Kier alpha value is -1.32. The summed E-state index contributed by atoms with van der Waals surface area (Å²) in [5.41, 5.74) is 1.10. The van der Waals surface area contributed by atoms with Crippen LogP contribution in [0.2, 0.25) is 0 Å². The second-order valence-corrected chi connectivity index (χ2v) is 2.72. The molecule has 1 N–H and O–H groups in total. The van der Waals surface area contributed by atoms with E-state index in [2.05, 4.69) is 4.98 Å². The number of aromatic nitrogens is 1. The van der Waals surface area contributed by atoms with E-state index in [1.807, 2.05) is 6.07 Å². The Labute approximate surface area is 99.0 Å². The van der Waals surface area contributed by atoms with Gasteiger partial charge in [0, 0.05) is 11.6 Å². The highest BCUT2D eigenvalue weighted by molar-refractivity contribution is 5.93. The average molecular weight is 246 g/mol. The molecule has 1 aromatic heterocycles. The van der Waals surface area contributed by atoms with Crippen molar-refractivity contribution in [2.45, 2.75) is 0 Å². The molecule has 0 amide bonds. The van der Waals surface area contributed by atoms with E-state index in [1.165, 1.54) is 0 Å². The first-order valence-corrected chi connectivity index (χ1v) is 3.85. The van der Waals surface area contributed by atoms with Gasteiger partial charge in [-0.25, -0.2) is 4.79 Å². The minimum absolute atomic E-state index is 0. The van der Waals surface area contributed by atoms with Crippen molar-refractivity contribution in [1.29, 1.82) is 0 Å². The van der Waals surface area contributed by atoms with E-state index in [9.17, 15) is 4.79 Å². The Morgan fingerprint density at radius 1 is 1.20 bits per heavy atom. The molecule has 0 saturated heterocycles. The molecule has 0 spiro atoms. The lowest BCUT2D eigenvalue weighted by Crippen LogP contribution is -1.95. The molecular weight excluding hydrogens is 237 g/mol. The van der Waals surface area contributed by atoms with E-state index < -0.39 is 5.97 Å². The normalized spacial score (nSPS) is 8.80. The molecular formula is C10H9Cl2NO2. The average Bonchev–Trinajstić information content (AvgIpc) is 2.17. The van der Waals surface area contributed by atoms with Gasteiger partial charge in [0.2, 0.25) is 0 Å². The zero-order valence-electron chi connectivity index (χ0n) is 7.58. The van der Waals surface area contributed by atoms with Gasteiger partial charge < -0.3 is 5.11 Å². The minimum atomic E-state index is -0.911.